The summed E-state index contributed by atoms with van der Waals surface area (Å²) in [6, 6.07) is 16.4. The van der Waals surface area contributed by atoms with Crippen molar-refractivity contribution in [2.24, 2.45) is 0 Å². The second kappa shape index (κ2) is 13.7. The number of halogens is 1. The molecule has 1 saturated heterocycles. The lowest BCUT2D eigenvalue weighted by molar-refractivity contribution is 0.0599. The minimum absolute atomic E-state index is 0.230. The normalized spacial score (nSPS) is 13.6. The van der Waals surface area contributed by atoms with Gasteiger partial charge in [-0.2, -0.15) is 5.10 Å². The maximum atomic E-state index is 13.9. The molecule has 1 aliphatic rings. The third kappa shape index (κ3) is 6.98. The smallest absolute Gasteiger partial charge is 0.337 e. The van der Waals surface area contributed by atoms with Crippen LogP contribution in [0.3, 0.4) is 0 Å². The van der Waals surface area contributed by atoms with Gasteiger partial charge in [-0.15, -0.1) is 0 Å². The van der Waals surface area contributed by atoms with E-state index in [2.05, 4.69) is 10.4 Å². The number of hydrogen-bond donors (Lipinski definition) is 1. The Morgan fingerprint density at radius 3 is 2.09 bits per heavy atom. The molecule has 2 heterocycles. The Labute approximate surface area is 273 Å². The average molecular weight is 643 g/mol. The minimum atomic E-state index is -0.473. The maximum absolute atomic E-state index is 13.9. The largest absolute Gasteiger partial charge is 0.496 e. The van der Waals surface area contributed by atoms with E-state index in [4.69, 9.17) is 14.2 Å². The first-order chi connectivity index (χ1) is 22.4. The molecule has 0 unspecified atom stereocenters. The molecular weight excluding hydrogens is 603 g/mol. The van der Waals surface area contributed by atoms with Gasteiger partial charge in [0.15, 0.2) is 0 Å². The zero-order valence-electron chi connectivity index (χ0n) is 27.4. The van der Waals surface area contributed by atoms with Crippen molar-refractivity contribution < 1.29 is 33.0 Å². The van der Waals surface area contributed by atoms with E-state index in [0.29, 0.717) is 41.4 Å². The number of piperidine rings is 1. The maximum Gasteiger partial charge on any atom is 0.337 e. The van der Waals surface area contributed by atoms with Crippen LogP contribution in [0.5, 0.6) is 11.5 Å². The van der Waals surface area contributed by atoms with Gasteiger partial charge in [-0.25, -0.2) is 9.18 Å². The number of amides is 2. The van der Waals surface area contributed by atoms with Gasteiger partial charge < -0.3 is 24.4 Å². The Balaban J connectivity index is 1.39. The molecule has 5 rings (SSSR count). The molecule has 47 heavy (non-hydrogen) atoms. The molecule has 1 aliphatic heterocycles. The standard InChI is InChI=1S/C36H39FN4O6/c1-36(2,3)41-32(24-11-13-26(37)14-12-24)28(21-38-41)33(42)39-29-19-27(30(45-4)20-31(29)46-5)34(43)40-17-15-23(16-18-40)22-7-9-25(10-8-22)35(44)47-6/h7-14,19-21,23H,15-18H2,1-6H3,(H,39,42). The topological polar surface area (TPSA) is 112 Å². The van der Waals surface area contributed by atoms with E-state index < -0.39 is 11.4 Å². The Kier molecular flexibility index (Phi) is 9.64. The summed E-state index contributed by atoms with van der Waals surface area (Å²) in [6.07, 6.45) is 2.97. The molecule has 0 spiro atoms. The van der Waals surface area contributed by atoms with E-state index in [9.17, 15) is 18.8 Å². The van der Waals surface area contributed by atoms with Gasteiger partial charge in [0.2, 0.25) is 0 Å². The predicted molar refractivity (Wildman–Crippen MR) is 176 cm³/mol. The lowest BCUT2D eigenvalue weighted by Gasteiger charge is -2.32. The van der Waals surface area contributed by atoms with Crippen molar-refractivity contribution in [3.63, 3.8) is 0 Å². The second-order valence-corrected chi connectivity index (χ2v) is 12.4. The lowest BCUT2D eigenvalue weighted by Crippen LogP contribution is -2.38. The van der Waals surface area contributed by atoms with Gasteiger partial charge in [-0.1, -0.05) is 12.1 Å². The third-order valence-electron chi connectivity index (χ3n) is 8.35. The number of rotatable bonds is 8. The first-order valence-electron chi connectivity index (χ1n) is 15.3. The molecule has 0 bridgehead atoms. The molecule has 2 amide bonds. The first-order valence-corrected chi connectivity index (χ1v) is 15.3. The number of benzene rings is 3. The summed E-state index contributed by atoms with van der Waals surface area (Å²) >= 11 is 0. The van der Waals surface area contributed by atoms with Gasteiger partial charge in [0.25, 0.3) is 11.8 Å². The van der Waals surface area contributed by atoms with Gasteiger partial charge >= 0.3 is 5.97 Å². The van der Waals surface area contributed by atoms with Gasteiger partial charge in [-0.05, 0) is 87.6 Å². The molecule has 3 aromatic carbocycles. The molecule has 1 fully saturated rings. The lowest BCUT2D eigenvalue weighted by atomic mass is 9.88. The van der Waals surface area contributed by atoms with Gasteiger partial charge in [0.05, 0.1) is 61.1 Å². The van der Waals surface area contributed by atoms with E-state index in [1.54, 1.807) is 46.0 Å². The van der Waals surface area contributed by atoms with Crippen LogP contribution in [0, 0.1) is 5.82 Å². The van der Waals surface area contributed by atoms with Crippen LogP contribution < -0.4 is 14.8 Å². The van der Waals surface area contributed by atoms with Crippen molar-refractivity contribution in [2.75, 3.05) is 39.7 Å². The van der Waals surface area contributed by atoms with Crippen LogP contribution in [0.4, 0.5) is 10.1 Å². The van der Waals surface area contributed by atoms with Crippen LogP contribution in [0.2, 0.25) is 0 Å². The zero-order chi connectivity index (χ0) is 33.9. The van der Waals surface area contributed by atoms with Crippen LogP contribution in [-0.2, 0) is 10.3 Å². The molecular formula is C36H39FN4O6. The predicted octanol–water partition coefficient (Wildman–Crippen LogP) is 6.52. The number of aromatic nitrogens is 2. The van der Waals surface area contributed by atoms with Crippen molar-refractivity contribution in [2.45, 2.75) is 45.1 Å². The molecule has 1 aromatic heterocycles. The fourth-order valence-electron chi connectivity index (χ4n) is 5.86. The number of carbonyl (C=O) groups excluding carboxylic acids is 3. The molecule has 4 aromatic rings. The van der Waals surface area contributed by atoms with E-state index in [1.807, 2.05) is 32.9 Å². The Hall–Kier alpha value is -5.19. The zero-order valence-corrected chi connectivity index (χ0v) is 27.4. The summed E-state index contributed by atoms with van der Waals surface area (Å²) in [4.78, 5) is 41.3. The highest BCUT2D eigenvalue weighted by molar-refractivity contribution is 6.09. The molecule has 246 valence electrons. The van der Waals surface area contributed by atoms with E-state index >= 15 is 0 Å². The fourth-order valence-corrected chi connectivity index (χ4v) is 5.86. The highest BCUT2D eigenvalue weighted by Crippen LogP contribution is 2.37. The van der Waals surface area contributed by atoms with Crippen molar-refractivity contribution >= 4 is 23.5 Å². The molecule has 10 nitrogen and oxygen atoms in total. The van der Waals surface area contributed by atoms with Crippen molar-refractivity contribution in [1.29, 1.82) is 0 Å². The number of ether oxygens (including phenoxy) is 3. The van der Waals surface area contributed by atoms with Crippen molar-refractivity contribution in [3.05, 3.63) is 94.9 Å². The summed E-state index contributed by atoms with van der Waals surface area (Å²) in [5.41, 5.74) is 3.13. The molecule has 11 heteroatoms. The number of carbonyl (C=O) groups is 3. The summed E-state index contributed by atoms with van der Waals surface area (Å²) < 4.78 is 31.4. The minimum Gasteiger partial charge on any atom is -0.496 e. The van der Waals surface area contributed by atoms with Crippen LogP contribution in [0.25, 0.3) is 11.3 Å². The summed E-state index contributed by atoms with van der Waals surface area (Å²) in [5, 5.41) is 7.41. The summed E-state index contributed by atoms with van der Waals surface area (Å²) in [7, 11) is 4.30. The Morgan fingerprint density at radius 2 is 1.51 bits per heavy atom. The number of likely N-dealkylation sites (tertiary alicyclic amines) is 1. The van der Waals surface area contributed by atoms with Crippen LogP contribution >= 0.6 is 0 Å². The number of nitrogens with zero attached hydrogens (tertiary/aromatic N) is 3. The number of hydrogen-bond acceptors (Lipinski definition) is 7. The molecule has 0 saturated carbocycles. The third-order valence-corrected chi connectivity index (χ3v) is 8.35. The molecule has 0 aliphatic carbocycles. The Morgan fingerprint density at radius 1 is 0.872 bits per heavy atom. The van der Waals surface area contributed by atoms with Crippen LogP contribution in [0.1, 0.15) is 76.2 Å². The van der Waals surface area contributed by atoms with E-state index in [0.717, 1.165) is 18.4 Å². The quantitative estimate of drug-likeness (QED) is 0.218. The number of esters is 1. The second-order valence-electron chi connectivity index (χ2n) is 12.4. The highest BCUT2D eigenvalue weighted by atomic mass is 19.1. The molecule has 0 atom stereocenters. The van der Waals surface area contributed by atoms with Crippen LogP contribution in [0.15, 0.2) is 66.9 Å². The Bertz CT molecular complexity index is 1770. The van der Waals surface area contributed by atoms with Crippen LogP contribution in [-0.4, -0.2) is 66.9 Å². The van der Waals surface area contributed by atoms with Gasteiger partial charge in [0.1, 0.15) is 17.3 Å². The van der Waals surface area contributed by atoms with Gasteiger partial charge in [0, 0.05) is 24.7 Å². The summed E-state index contributed by atoms with van der Waals surface area (Å²) in [5.74, 6) is -0.602. The van der Waals surface area contributed by atoms with Gasteiger partial charge in [-0.3, -0.25) is 14.3 Å². The fraction of sp³-hybridized carbons (Fsp3) is 0.333. The van der Waals surface area contributed by atoms with E-state index in [1.165, 1.54) is 39.7 Å². The number of methoxy groups -OCH3 is 3. The SMILES string of the molecule is COC(=O)c1ccc(C2CCN(C(=O)c3cc(NC(=O)c4cnn(C(C)(C)C)c4-c4ccc(F)cc4)c(OC)cc3OC)CC2)cc1. The van der Waals surface area contributed by atoms with E-state index in [-0.39, 0.29) is 40.4 Å². The number of nitrogens with one attached hydrogen (secondary N) is 1. The number of anilines is 1. The monoisotopic (exact) mass is 642 g/mol. The first kappa shape index (κ1) is 33.2. The van der Waals surface area contributed by atoms with Crippen molar-refractivity contribution in [3.8, 4) is 22.8 Å². The molecule has 1 N–H and O–H groups in total. The average Bonchev–Trinajstić information content (AvgIpc) is 3.54. The molecule has 0 radical (unpaired) electrons. The summed E-state index contributed by atoms with van der Waals surface area (Å²) in [6.45, 7) is 6.92. The highest BCUT2D eigenvalue weighted by Gasteiger charge is 2.29. The van der Waals surface area contributed by atoms with Crippen molar-refractivity contribution in [1.82, 2.24) is 14.7 Å².